The fraction of sp³-hybridized carbons (Fsp3) is 0.926. The van der Waals surface area contributed by atoms with Gasteiger partial charge in [0.25, 0.3) is 0 Å². The molecule has 0 heterocycles. The minimum atomic E-state index is 0.335. The predicted molar refractivity (Wildman–Crippen MR) is 128 cm³/mol. The maximum Gasteiger partial charge on any atom is 0.158 e. The average molecular weight is 435 g/mol. The minimum absolute atomic E-state index is 0.335. The van der Waals surface area contributed by atoms with Crippen LogP contribution in [0.25, 0.3) is 0 Å². The molecule has 3 saturated carbocycles. The van der Waals surface area contributed by atoms with E-state index < -0.39 is 0 Å². The van der Waals surface area contributed by atoms with E-state index in [9.17, 15) is 0 Å². The molecule has 4 aliphatic rings. The Morgan fingerprint density at radius 2 is 1.90 bits per heavy atom. The van der Waals surface area contributed by atoms with Crippen molar-refractivity contribution in [3.63, 3.8) is 0 Å². The first kappa shape index (κ1) is 23.2. The van der Waals surface area contributed by atoms with Gasteiger partial charge in [-0.1, -0.05) is 58.6 Å². The van der Waals surface area contributed by atoms with E-state index in [1.54, 1.807) is 12.7 Å². The van der Waals surface area contributed by atoms with Gasteiger partial charge in [0.1, 0.15) is 0 Å². The molecule has 172 valence electrons. The molecular weight excluding hydrogens is 388 g/mol. The maximum atomic E-state index is 5.88. The van der Waals surface area contributed by atoms with Crippen molar-refractivity contribution in [3.8, 4) is 0 Å². The summed E-state index contributed by atoms with van der Waals surface area (Å²) in [5.74, 6) is 4.67. The predicted octanol–water partition coefficient (Wildman–Crippen LogP) is 8.38. The number of fused-ring (bicyclic) bond motifs is 5. The van der Waals surface area contributed by atoms with Gasteiger partial charge in [-0.05, 0) is 98.2 Å². The highest BCUT2D eigenvalue weighted by atomic mass is 32.2. The molecule has 30 heavy (non-hydrogen) atoms. The Morgan fingerprint density at radius 3 is 2.67 bits per heavy atom. The van der Waals surface area contributed by atoms with E-state index in [0.717, 1.165) is 36.0 Å². The van der Waals surface area contributed by atoms with Gasteiger partial charge in [-0.3, -0.25) is 8.37 Å². The van der Waals surface area contributed by atoms with E-state index in [1.807, 2.05) is 0 Å². The molecule has 0 N–H and O–H groups in total. The molecule has 2 nitrogen and oxygen atoms in total. The van der Waals surface area contributed by atoms with Crippen molar-refractivity contribution >= 4 is 12.3 Å². The summed E-state index contributed by atoms with van der Waals surface area (Å²) < 4.78 is 11.0. The van der Waals surface area contributed by atoms with Gasteiger partial charge in [-0.2, -0.15) is 0 Å². The van der Waals surface area contributed by atoms with Crippen molar-refractivity contribution in [3.05, 3.63) is 11.6 Å². The second-order valence-electron chi connectivity index (χ2n) is 12.0. The third kappa shape index (κ3) is 4.29. The first-order valence-corrected chi connectivity index (χ1v) is 13.6. The first-order valence-electron chi connectivity index (χ1n) is 12.9. The molecule has 4 rings (SSSR count). The van der Waals surface area contributed by atoms with Crippen molar-refractivity contribution in [1.82, 2.24) is 0 Å². The van der Waals surface area contributed by atoms with E-state index in [4.69, 9.17) is 8.37 Å². The first-order chi connectivity index (χ1) is 14.4. The SMILES string of the molecule is COSO[C@H]1CCC2(C)C(=CCC3C2CCC2(C)C(CCCCC(C)C)CCC32)C1. The van der Waals surface area contributed by atoms with Crippen LogP contribution in [-0.2, 0) is 8.37 Å². The van der Waals surface area contributed by atoms with Gasteiger partial charge in [-0.15, -0.1) is 0 Å². The quantitative estimate of drug-likeness (QED) is 0.217. The summed E-state index contributed by atoms with van der Waals surface area (Å²) >= 11 is 1.17. The zero-order valence-electron chi connectivity index (χ0n) is 20.3. The van der Waals surface area contributed by atoms with Gasteiger partial charge >= 0.3 is 0 Å². The largest absolute Gasteiger partial charge is 0.295 e. The summed E-state index contributed by atoms with van der Waals surface area (Å²) in [7, 11) is 1.69. The smallest absolute Gasteiger partial charge is 0.158 e. The van der Waals surface area contributed by atoms with E-state index in [0.29, 0.717) is 16.9 Å². The molecule has 0 aromatic carbocycles. The minimum Gasteiger partial charge on any atom is -0.295 e. The van der Waals surface area contributed by atoms with Crippen LogP contribution in [0.5, 0.6) is 0 Å². The van der Waals surface area contributed by atoms with Crippen molar-refractivity contribution in [2.75, 3.05) is 7.11 Å². The number of allylic oxidation sites excluding steroid dienone is 1. The summed E-state index contributed by atoms with van der Waals surface area (Å²) in [6, 6.07) is 0. The van der Waals surface area contributed by atoms with Crippen LogP contribution < -0.4 is 0 Å². The third-order valence-electron chi connectivity index (χ3n) is 10.1. The van der Waals surface area contributed by atoms with Gasteiger partial charge in [0.05, 0.1) is 13.2 Å². The van der Waals surface area contributed by atoms with E-state index in [-0.39, 0.29) is 0 Å². The molecule has 0 radical (unpaired) electrons. The Bertz CT molecular complexity index is 616. The average Bonchev–Trinajstić information content (AvgIpc) is 3.05. The molecule has 3 fully saturated rings. The summed E-state index contributed by atoms with van der Waals surface area (Å²) in [4.78, 5) is 0. The molecule has 0 saturated heterocycles. The van der Waals surface area contributed by atoms with Gasteiger partial charge in [0, 0.05) is 0 Å². The van der Waals surface area contributed by atoms with Crippen LogP contribution >= 0.6 is 12.3 Å². The van der Waals surface area contributed by atoms with Crippen LogP contribution in [0.4, 0.5) is 0 Å². The molecular formula is C27H46O2S. The topological polar surface area (TPSA) is 18.5 Å². The van der Waals surface area contributed by atoms with Crippen LogP contribution in [0.2, 0.25) is 0 Å². The van der Waals surface area contributed by atoms with Crippen molar-refractivity contribution < 1.29 is 8.37 Å². The molecule has 7 atom stereocenters. The number of hydrogen-bond acceptors (Lipinski definition) is 3. The lowest BCUT2D eigenvalue weighted by Crippen LogP contribution is -2.50. The molecule has 6 unspecified atom stereocenters. The highest BCUT2D eigenvalue weighted by Gasteiger charge is 2.58. The Kier molecular flexibility index (Phi) is 7.32. The summed E-state index contributed by atoms with van der Waals surface area (Å²) in [6.45, 7) is 10.0. The molecule has 0 amide bonds. The second kappa shape index (κ2) is 9.48. The zero-order valence-corrected chi connectivity index (χ0v) is 21.1. The lowest BCUT2D eigenvalue weighted by Gasteiger charge is -2.58. The van der Waals surface area contributed by atoms with Crippen molar-refractivity contribution in [1.29, 1.82) is 0 Å². The van der Waals surface area contributed by atoms with Crippen molar-refractivity contribution in [2.45, 2.75) is 111 Å². The number of hydrogen-bond donors (Lipinski definition) is 0. The van der Waals surface area contributed by atoms with Crippen LogP contribution in [0.3, 0.4) is 0 Å². The second-order valence-corrected chi connectivity index (χ2v) is 12.6. The standard InChI is InChI=1S/C27H46O2S/c1-19(2)8-6-7-9-20-11-13-24-23-12-10-21-18-22(29-30-28-5)14-16-27(21,4)25(23)15-17-26(20,24)3/h10,19-20,22-25H,6-9,11-18H2,1-5H3/t20?,22-,23?,24?,25?,26?,27?/m0/s1. The van der Waals surface area contributed by atoms with Gasteiger partial charge < -0.3 is 0 Å². The monoisotopic (exact) mass is 434 g/mol. The Labute approximate surface area is 190 Å². The number of rotatable bonds is 8. The molecule has 4 aliphatic carbocycles. The lowest BCUT2D eigenvalue weighted by atomic mass is 9.47. The van der Waals surface area contributed by atoms with E-state index in [2.05, 4.69) is 33.8 Å². The Morgan fingerprint density at radius 1 is 1.07 bits per heavy atom. The van der Waals surface area contributed by atoms with Crippen molar-refractivity contribution in [2.24, 2.45) is 40.4 Å². The highest BCUT2D eigenvalue weighted by molar-refractivity contribution is 7.89. The van der Waals surface area contributed by atoms with Gasteiger partial charge in [0.2, 0.25) is 0 Å². The molecule has 0 aliphatic heterocycles. The van der Waals surface area contributed by atoms with E-state index in [1.165, 1.54) is 83.0 Å². The van der Waals surface area contributed by atoms with Crippen LogP contribution in [0.15, 0.2) is 11.6 Å². The summed E-state index contributed by atoms with van der Waals surface area (Å²) in [5, 5.41) is 0. The fourth-order valence-electron chi connectivity index (χ4n) is 8.33. The van der Waals surface area contributed by atoms with Crippen LogP contribution in [0, 0.1) is 40.4 Å². The molecule has 0 aromatic heterocycles. The van der Waals surface area contributed by atoms with E-state index >= 15 is 0 Å². The summed E-state index contributed by atoms with van der Waals surface area (Å²) in [6.07, 6.45) is 19.7. The number of unbranched alkanes of at least 4 members (excludes halogenated alkanes) is 1. The fourth-order valence-corrected chi connectivity index (χ4v) is 8.68. The molecule has 3 heteroatoms. The molecule has 0 bridgehead atoms. The highest BCUT2D eigenvalue weighted by Crippen LogP contribution is 2.66. The normalized spacial score (nSPS) is 43.1. The molecule has 0 aromatic rings. The van der Waals surface area contributed by atoms with Crippen LogP contribution in [-0.4, -0.2) is 13.2 Å². The Hall–Kier alpha value is 0.0100. The Balaban J connectivity index is 1.42. The third-order valence-corrected chi connectivity index (χ3v) is 10.6. The summed E-state index contributed by atoms with van der Waals surface area (Å²) in [5.41, 5.74) is 2.76. The van der Waals surface area contributed by atoms with Crippen LogP contribution in [0.1, 0.15) is 105 Å². The molecule has 0 spiro atoms. The lowest BCUT2D eigenvalue weighted by molar-refractivity contribution is -0.0487. The maximum absolute atomic E-state index is 5.88. The zero-order chi connectivity index (χ0) is 21.4. The van der Waals surface area contributed by atoms with Gasteiger partial charge in [-0.25, -0.2) is 0 Å². The van der Waals surface area contributed by atoms with Gasteiger partial charge in [0.15, 0.2) is 12.3 Å².